The van der Waals surface area contributed by atoms with Gasteiger partial charge < -0.3 is 4.74 Å². The summed E-state index contributed by atoms with van der Waals surface area (Å²) in [5.41, 5.74) is 5.62. The largest absolute Gasteiger partial charge is 0.461 e. The highest BCUT2D eigenvalue weighted by Crippen LogP contribution is 2.44. The Labute approximate surface area is 216 Å². The van der Waals surface area contributed by atoms with E-state index in [2.05, 4.69) is 28.1 Å². The van der Waals surface area contributed by atoms with E-state index < -0.39 is 6.23 Å². The molecule has 0 saturated heterocycles. The van der Waals surface area contributed by atoms with Crippen LogP contribution in [0.5, 0.6) is 5.75 Å². The Hall–Kier alpha value is -3.41. The molecular weight excluding hydrogens is 524 g/mol. The van der Waals surface area contributed by atoms with Gasteiger partial charge in [-0.15, -0.1) is 0 Å². The Kier molecular flexibility index (Phi) is 5.67. The molecule has 2 aliphatic heterocycles. The van der Waals surface area contributed by atoms with E-state index in [1.807, 2.05) is 78.9 Å². The Morgan fingerprint density at radius 2 is 1.57 bits per heavy atom. The van der Waals surface area contributed by atoms with Gasteiger partial charge in [0.2, 0.25) is 5.78 Å². The van der Waals surface area contributed by atoms with E-state index in [1.54, 1.807) is 11.1 Å². The van der Waals surface area contributed by atoms with Crippen LogP contribution < -0.4 is 4.74 Å². The van der Waals surface area contributed by atoms with E-state index in [-0.39, 0.29) is 11.8 Å². The summed E-state index contributed by atoms with van der Waals surface area (Å²) in [4.78, 5) is 13.7. The lowest BCUT2D eigenvalue weighted by atomic mass is 9.95. The van der Waals surface area contributed by atoms with Crippen LogP contribution in [0.4, 0.5) is 0 Å². The number of benzene rings is 4. The van der Waals surface area contributed by atoms with Crippen molar-refractivity contribution in [1.29, 1.82) is 0 Å². The van der Waals surface area contributed by atoms with Crippen molar-refractivity contribution in [1.82, 2.24) is 5.01 Å². The first-order chi connectivity index (χ1) is 17.1. The van der Waals surface area contributed by atoms with Gasteiger partial charge >= 0.3 is 0 Å². The van der Waals surface area contributed by atoms with Gasteiger partial charge in [0.05, 0.1) is 11.8 Å². The van der Waals surface area contributed by atoms with Crippen LogP contribution in [0.15, 0.2) is 107 Å². The fraction of sp³-hybridized carbons (Fsp3) is 0.103. The number of ketones is 1. The summed E-state index contributed by atoms with van der Waals surface area (Å²) in [7, 11) is 0. The predicted octanol–water partition coefficient (Wildman–Crippen LogP) is 7.52. The van der Waals surface area contributed by atoms with Gasteiger partial charge in [-0.05, 0) is 47.0 Å². The number of hydrogen-bond donors (Lipinski definition) is 0. The molecule has 172 valence electrons. The summed E-state index contributed by atoms with van der Waals surface area (Å²) < 4.78 is 7.24. The van der Waals surface area contributed by atoms with E-state index in [1.165, 1.54) is 0 Å². The highest BCUT2D eigenvalue weighted by molar-refractivity contribution is 9.10. The maximum atomic E-state index is 13.7. The number of carbonyl (C=O) groups is 1. The molecule has 6 heteroatoms. The van der Waals surface area contributed by atoms with Gasteiger partial charge in [-0.2, -0.15) is 5.10 Å². The quantitative estimate of drug-likeness (QED) is 0.250. The molecule has 2 heterocycles. The second-order valence-electron chi connectivity index (χ2n) is 8.61. The van der Waals surface area contributed by atoms with Gasteiger partial charge in [0.1, 0.15) is 5.75 Å². The topological polar surface area (TPSA) is 41.9 Å². The molecule has 0 saturated carbocycles. The molecular formula is C29H20BrClN2O2. The number of hydrogen-bond acceptors (Lipinski definition) is 4. The van der Waals surface area contributed by atoms with Gasteiger partial charge in [-0.3, -0.25) is 4.79 Å². The van der Waals surface area contributed by atoms with Gasteiger partial charge in [-0.1, -0.05) is 94.3 Å². The second kappa shape index (κ2) is 8.99. The number of Topliss-reactive ketones (excluding diaryl/α,β-unsaturated/α-hetero) is 1. The van der Waals surface area contributed by atoms with Crippen molar-refractivity contribution >= 4 is 39.0 Å². The molecule has 35 heavy (non-hydrogen) atoms. The van der Waals surface area contributed by atoms with Gasteiger partial charge in [0.25, 0.3) is 6.23 Å². The summed E-state index contributed by atoms with van der Waals surface area (Å²) in [6.07, 6.45) is -0.195. The number of fused-ring (bicyclic) bond motifs is 3. The van der Waals surface area contributed by atoms with E-state index in [0.717, 1.165) is 32.4 Å². The standard InChI is InChI=1S/C29H20BrClN2O2/c30-22-12-10-20(11-13-22)25-17-26-24-16-23(31)14-15-27(24)35-29(33(26)32-25)28(34)21-8-6-19(7-9-21)18-4-2-1-3-5-18/h1-16,26,29H,17H2/t26-,29-/m1/s1. The normalized spacial score (nSPS) is 18.3. The first-order valence-electron chi connectivity index (χ1n) is 11.3. The minimum absolute atomic E-state index is 0.129. The zero-order chi connectivity index (χ0) is 23.9. The van der Waals surface area contributed by atoms with Crippen LogP contribution in [0, 0.1) is 0 Å². The van der Waals surface area contributed by atoms with Crippen molar-refractivity contribution in [3.8, 4) is 16.9 Å². The van der Waals surface area contributed by atoms with Crippen LogP contribution in [0.3, 0.4) is 0 Å². The fourth-order valence-corrected chi connectivity index (χ4v) is 5.09. The monoisotopic (exact) mass is 542 g/mol. The number of hydrazone groups is 1. The first-order valence-corrected chi connectivity index (χ1v) is 12.5. The molecule has 4 aromatic carbocycles. The van der Waals surface area contributed by atoms with E-state index in [4.69, 9.17) is 21.4 Å². The van der Waals surface area contributed by atoms with Crippen LogP contribution in [0.2, 0.25) is 5.02 Å². The zero-order valence-corrected chi connectivity index (χ0v) is 20.9. The van der Waals surface area contributed by atoms with Crippen molar-refractivity contribution in [2.75, 3.05) is 0 Å². The SMILES string of the molecule is O=C(c1ccc(-c2ccccc2)cc1)[C@H]1Oc2ccc(Cl)cc2[C@H]2CC(c3ccc(Br)cc3)=NN12. The van der Waals surface area contributed by atoms with Gasteiger partial charge in [0, 0.05) is 27.0 Å². The third kappa shape index (κ3) is 4.15. The molecule has 2 atom stereocenters. The Balaban J connectivity index is 1.36. The number of nitrogens with zero attached hydrogens (tertiary/aromatic N) is 2. The highest BCUT2D eigenvalue weighted by Gasteiger charge is 2.43. The average Bonchev–Trinajstić information content (AvgIpc) is 3.35. The molecule has 0 fully saturated rings. The lowest BCUT2D eigenvalue weighted by Gasteiger charge is -2.37. The summed E-state index contributed by atoms with van der Waals surface area (Å²) in [6.45, 7) is 0. The Bertz CT molecular complexity index is 1440. The molecule has 0 N–H and O–H groups in total. The molecule has 4 aromatic rings. The van der Waals surface area contributed by atoms with Crippen molar-refractivity contribution in [2.24, 2.45) is 5.10 Å². The minimum atomic E-state index is -0.857. The van der Waals surface area contributed by atoms with Gasteiger partial charge in [0.15, 0.2) is 0 Å². The molecule has 0 amide bonds. The highest BCUT2D eigenvalue weighted by atomic mass is 79.9. The van der Waals surface area contributed by atoms with E-state index in [9.17, 15) is 4.79 Å². The number of rotatable bonds is 4. The predicted molar refractivity (Wildman–Crippen MR) is 142 cm³/mol. The zero-order valence-electron chi connectivity index (χ0n) is 18.6. The molecule has 2 aliphatic rings. The van der Waals surface area contributed by atoms with Crippen LogP contribution in [0.1, 0.15) is 33.9 Å². The van der Waals surface area contributed by atoms with Crippen LogP contribution >= 0.6 is 27.5 Å². The molecule has 0 aromatic heterocycles. The summed E-state index contributed by atoms with van der Waals surface area (Å²) in [5, 5.41) is 7.30. The summed E-state index contributed by atoms with van der Waals surface area (Å²) in [6, 6.07) is 31.2. The molecule has 0 aliphatic carbocycles. The van der Waals surface area contributed by atoms with E-state index >= 15 is 0 Å². The van der Waals surface area contributed by atoms with Crippen molar-refractivity contribution in [2.45, 2.75) is 18.7 Å². The van der Waals surface area contributed by atoms with E-state index in [0.29, 0.717) is 22.8 Å². The molecule has 0 bridgehead atoms. The summed E-state index contributed by atoms with van der Waals surface area (Å²) in [5.74, 6) is 0.540. The smallest absolute Gasteiger partial charge is 0.251 e. The number of halogens is 2. The first kappa shape index (κ1) is 22.1. The lowest BCUT2D eigenvalue weighted by Crippen LogP contribution is -2.45. The van der Waals surface area contributed by atoms with Crippen LogP contribution in [-0.2, 0) is 0 Å². The number of carbonyl (C=O) groups excluding carboxylic acids is 1. The molecule has 0 unspecified atom stereocenters. The van der Waals surface area contributed by atoms with Gasteiger partial charge in [-0.25, -0.2) is 5.01 Å². The Morgan fingerprint density at radius 1 is 0.886 bits per heavy atom. The molecule has 0 radical (unpaired) electrons. The molecule has 4 nitrogen and oxygen atoms in total. The third-order valence-corrected chi connectivity index (χ3v) is 7.19. The summed E-state index contributed by atoms with van der Waals surface area (Å²) >= 11 is 9.80. The molecule has 6 rings (SSSR count). The van der Waals surface area contributed by atoms with Crippen molar-refractivity contribution < 1.29 is 9.53 Å². The Morgan fingerprint density at radius 3 is 2.31 bits per heavy atom. The number of ether oxygens (including phenoxy) is 1. The van der Waals surface area contributed by atoms with Crippen LogP contribution in [-0.4, -0.2) is 22.7 Å². The maximum Gasteiger partial charge on any atom is 0.251 e. The fourth-order valence-electron chi connectivity index (χ4n) is 4.65. The maximum absolute atomic E-state index is 13.7. The van der Waals surface area contributed by atoms with Crippen LogP contribution in [0.25, 0.3) is 11.1 Å². The second-order valence-corrected chi connectivity index (χ2v) is 9.97. The molecule has 0 spiro atoms. The average molecular weight is 544 g/mol. The van der Waals surface area contributed by atoms with Crippen molar-refractivity contribution in [3.05, 3.63) is 123 Å². The minimum Gasteiger partial charge on any atom is -0.461 e. The van der Waals surface area contributed by atoms with Crippen molar-refractivity contribution in [3.63, 3.8) is 0 Å². The third-order valence-electron chi connectivity index (χ3n) is 6.43. The lowest BCUT2D eigenvalue weighted by molar-refractivity contribution is -0.00454.